The largest absolute Gasteiger partial charge is 0.351 e. The summed E-state index contributed by atoms with van der Waals surface area (Å²) in [6, 6.07) is -0.555. The molecule has 0 aromatic carbocycles. The van der Waals surface area contributed by atoms with Crippen LogP contribution in [0.15, 0.2) is 71.5 Å². The molecule has 3 N–H and O–H groups in total. The van der Waals surface area contributed by atoms with Crippen LogP contribution in [0.1, 0.15) is 27.7 Å². The lowest BCUT2D eigenvalue weighted by atomic mass is 9.85. The average Bonchev–Trinajstić information content (AvgIpc) is 2.63. The van der Waals surface area contributed by atoms with E-state index in [1.54, 1.807) is 0 Å². The molecular formula is C19H24N2O. The summed E-state index contributed by atoms with van der Waals surface area (Å²) in [6.45, 7) is 8.58. The Morgan fingerprint density at radius 1 is 1.00 bits per heavy atom. The van der Waals surface area contributed by atoms with Gasteiger partial charge >= 0.3 is 6.03 Å². The zero-order chi connectivity index (χ0) is 16.4. The lowest BCUT2D eigenvalue weighted by molar-refractivity contribution is 0.251. The Morgan fingerprint density at radius 2 is 1.64 bits per heavy atom. The minimum Gasteiger partial charge on any atom is -0.351 e. The molecule has 22 heavy (non-hydrogen) atoms. The van der Waals surface area contributed by atoms with E-state index in [0.717, 1.165) is 16.8 Å². The molecule has 0 saturated heterocycles. The minimum absolute atomic E-state index is 0.0542. The molecule has 0 aromatic heterocycles. The fraction of sp³-hybridized carbons (Fsp3) is 0.316. The summed E-state index contributed by atoms with van der Waals surface area (Å²) in [5, 5.41) is 2.74. The molecule has 2 aliphatic carbocycles. The number of hydrogen-bond acceptors (Lipinski definition) is 1. The molecule has 0 heterocycles. The summed E-state index contributed by atoms with van der Waals surface area (Å²) in [7, 11) is 0. The number of primary amides is 1. The van der Waals surface area contributed by atoms with Gasteiger partial charge in [0.2, 0.25) is 0 Å². The summed E-state index contributed by atoms with van der Waals surface area (Å²) in [6.07, 6.45) is 18.6. The number of amides is 2. The van der Waals surface area contributed by atoms with Crippen LogP contribution in [-0.2, 0) is 0 Å². The normalized spacial score (nSPS) is 22.1. The van der Waals surface area contributed by atoms with Crippen molar-refractivity contribution in [2.45, 2.75) is 27.7 Å². The Morgan fingerprint density at radius 3 is 2.32 bits per heavy atom. The molecule has 2 aliphatic rings. The zero-order valence-electron chi connectivity index (χ0n) is 13.7. The molecule has 0 saturated carbocycles. The lowest BCUT2D eigenvalue weighted by Gasteiger charge is -2.21. The highest BCUT2D eigenvalue weighted by atomic mass is 16.2. The minimum atomic E-state index is -0.555. The third-order valence-electron chi connectivity index (χ3n) is 3.60. The average molecular weight is 296 g/mol. The van der Waals surface area contributed by atoms with E-state index in [1.165, 1.54) is 0 Å². The molecule has 0 atom stereocenters. The number of rotatable bonds is 2. The van der Waals surface area contributed by atoms with Crippen molar-refractivity contribution in [3.8, 4) is 0 Å². The van der Waals surface area contributed by atoms with E-state index >= 15 is 0 Å². The van der Waals surface area contributed by atoms with Gasteiger partial charge in [-0.25, -0.2) is 4.79 Å². The van der Waals surface area contributed by atoms with E-state index in [0.29, 0.717) is 0 Å². The van der Waals surface area contributed by atoms with Crippen LogP contribution in [-0.4, -0.2) is 6.03 Å². The van der Waals surface area contributed by atoms with Gasteiger partial charge < -0.3 is 11.1 Å². The Balaban J connectivity index is 2.54. The summed E-state index contributed by atoms with van der Waals surface area (Å²) in [5.74, 6) is 0. The summed E-state index contributed by atoms with van der Waals surface area (Å²) in [4.78, 5) is 11.3. The number of nitrogens with one attached hydrogen (secondary N) is 1. The van der Waals surface area contributed by atoms with Crippen molar-refractivity contribution in [1.82, 2.24) is 5.32 Å². The van der Waals surface area contributed by atoms with Gasteiger partial charge in [0, 0.05) is 22.1 Å². The Bertz CT molecular complexity index is 653. The Labute approximate surface area is 132 Å². The lowest BCUT2D eigenvalue weighted by Crippen LogP contribution is -2.29. The molecule has 3 nitrogen and oxygen atoms in total. The number of hydrogen-bond donors (Lipinski definition) is 2. The molecule has 116 valence electrons. The first-order chi connectivity index (χ1) is 10.2. The fourth-order valence-electron chi connectivity index (χ4n) is 2.59. The van der Waals surface area contributed by atoms with Crippen LogP contribution in [0.5, 0.6) is 0 Å². The summed E-state index contributed by atoms with van der Waals surface area (Å²) in [5.41, 5.74) is 7.95. The predicted octanol–water partition coefficient (Wildman–Crippen LogP) is 4.14. The zero-order valence-corrected chi connectivity index (χ0v) is 13.7. The molecule has 0 unspecified atom stereocenters. The van der Waals surface area contributed by atoms with Crippen LogP contribution in [0.25, 0.3) is 0 Å². The molecule has 0 aromatic rings. The fourth-order valence-corrected chi connectivity index (χ4v) is 2.59. The maximum atomic E-state index is 11.3. The molecule has 3 heteroatoms. The van der Waals surface area contributed by atoms with Gasteiger partial charge in [0.25, 0.3) is 0 Å². The molecule has 2 rings (SSSR count). The van der Waals surface area contributed by atoms with E-state index in [-0.39, 0.29) is 10.8 Å². The van der Waals surface area contributed by atoms with Gasteiger partial charge in [-0.3, -0.25) is 0 Å². The van der Waals surface area contributed by atoms with Crippen molar-refractivity contribution in [1.29, 1.82) is 0 Å². The first kappa shape index (κ1) is 16.1. The van der Waals surface area contributed by atoms with Gasteiger partial charge in [-0.1, -0.05) is 76.3 Å². The van der Waals surface area contributed by atoms with Crippen LogP contribution in [0.4, 0.5) is 4.79 Å². The quantitative estimate of drug-likeness (QED) is 0.790. The van der Waals surface area contributed by atoms with E-state index in [1.807, 2.05) is 18.2 Å². The van der Waals surface area contributed by atoms with Crippen molar-refractivity contribution in [2.24, 2.45) is 16.6 Å². The van der Waals surface area contributed by atoms with Crippen LogP contribution in [0.3, 0.4) is 0 Å². The van der Waals surface area contributed by atoms with Crippen LogP contribution in [0, 0.1) is 10.8 Å². The maximum absolute atomic E-state index is 11.3. The SMILES string of the molecule is CC1(C)C=CC=CC(C2=CC(C)(C)C=CC=C2NC(N)=O)=C1. The van der Waals surface area contributed by atoms with Gasteiger partial charge in [0.15, 0.2) is 0 Å². The Hall–Kier alpha value is -2.29. The van der Waals surface area contributed by atoms with Crippen LogP contribution in [0.2, 0.25) is 0 Å². The van der Waals surface area contributed by atoms with E-state index in [9.17, 15) is 4.79 Å². The highest BCUT2D eigenvalue weighted by Gasteiger charge is 2.22. The number of allylic oxidation sites excluding steroid dienone is 10. The summed E-state index contributed by atoms with van der Waals surface area (Å²) < 4.78 is 0. The second-order valence-corrected chi connectivity index (χ2v) is 6.95. The van der Waals surface area contributed by atoms with Gasteiger partial charge in [0.05, 0.1) is 0 Å². The third-order valence-corrected chi connectivity index (χ3v) is 3.60. The first-order valence-electron chi connectivity index (χ1n) is 7.47. The van der Waals surface area contributed by atoms with Gasteiger partial charge in [-0.15, -0.1) is 0 Å². The standard InChI is InChI=1S/C19H24N2O/c1-18(2)10-6-5-8-14(12-18)15-13-19(3,4)11-7-9-16(15)21-17(20)22/h5-13H,1-4H3,(H3,20,21,22). The second-order valence-electron chi connectivity index (χ2n) is 6.95. The number of nitrogens with two attached hydrogens (primary N) is 1. The maximum Gasteiger partial charge on any atom is 0.316 e. The smallest absolute Gasteiger partial charge is 0.316 e. The van der Waals surface area contributed by atoms with Crippen molar-refractivity contribution >= 4 is 6.03 Å². The molecule has 0 radical (unpaired) electrons. The molecule has 0 bridgehead atoms. The highest BCUT2D eigenvalue weighted by Crippen LogP contribution is 2.34. The van der Waals surface area contributed by atoms with E-state index in [2.05, 4.69) is 69.5 Å². The molecule has 2 amide bonds. The predicted molar refractivity (Wildman–Crippen MR) is 92.0 cm³/mol. The summed E-state index contributed by atoms with van der Waals surface area (Å²) >= 11 is 0. The van der Waals surface area contributed by atoms with Crippen molar-refractivity contribution in [3.63, 3.8) is 0 Å². The number of carbonyl (C=O) groups is 1. The molecule has 0 fully saturated rings. The van der Waals surface area contributed by atoms with Crippen molar-refractivity contribution < 1.29 is 4.79 Å². The van der Waals surface area contributed by atoms with Crippen molar-refractivity contribution in [3.05, 3.63) is 71.5 Å². The third kappa shape index (κ3) is 4.10. The second kappa shape index (κ2) is 5.84. The van der Waals surface area contributed by atoms with Gasteiger partial charge in [-0.05, 0) is 11.6 Å². The Kier molecular flexibility index (Phi) is 4.27. The topological polar surface area (TPSA) is 55.1 Å². The highest BCUT2D eigenvalue weighted by molar-refractivity contribution is 5.76. The van der Waals surface area contributed by atoms with Gasteiger partial charge in [0.1, 0.15) is 0 Å². The first-order valence-corrected chi connectivity index (χ1v) is 7.47. The monoisotopic (exact) mass is 296 g/mol. The molecule has 0 aliphatic heterocycles. The van der Waals surface area contributed by atoms with Crippen molar-refractivity contribution in [2.75, 3.05) is 0 Å². The van der Waals surface area contributed by atoms with E-state index < -0.39 is 6.03 Å². The number of carbonyl (C=O) groups excluding carboxylic acids is 1. The molecule has 0 spiro atoms. The van der Waals surface area contributed by atoms with Crippen LogP contribution < -0.4 is 11.1 Å². The van der Waals surface area contributed by atoms with Crippen LogP contribution >= 0.6 is 0 Å². The van der Waals surface area contributed by atoms with E-state index in [4.69, 9.17) is 5.73 Å². The number of urea groups is 1. The molecular weight excluding hydrogens is 272 g/mol. The van der Waals surface area contributed by atoms with Gasteiger partial charge in [-0.2, -0.15) is 0 Å².